The van der Waals surface area contributed by atoms with E-state index in [1.165, 1.54) is 0 Å². The summed E-state index contributed by atoms with van der Waals surface area (Å²) in [7, 11) is 0. The van der Waals surface area contributed by atoms with E-state index in [4.69, 9.17) is 31.8 Å². The van der Waals surface area contributed by atoms with Crippen molar-refractivity contribution < 1.29 is 44.2 Å². The van der Waals surface area contributed by atoms with Gasteiger partial charge < -0.3 is 4.42 Å². The molecule has 0 aliphatic carbocycles. The molecule has 10 rings (SSSR count). The van der Waals surface area contributed by atoms with Crippen molar-refractivity contribution in [3.63, 3.8) is 0 Å². The molecule has 1 heteroatoms. The van der Waals surface area contributed by atoms with Crippen LogP contribution >= 0.6 is 0 Å². The van der Waals surface area contributed by atoms with Crippen molar-refractivity contribution in [3.05, 3.63) is 181 Å². The number of hydrogen-bond acceptors (Lipinski definition) is 1. The topological polar surface area (TPSA) is 13.1 Å². The third-order valence-electron chi connectivity index (χ3n) is 7.90. The molecule has 0 radical (unpaired) electrons. The van der Waals surface area contributed by atoms with Crippen LogP contribution in [0.25, 0.3) is 98.8 Å². The molecule has 0 aliphatic heterocycles. The maximum Gasteiger partial charge on any atom is 0.136 e. The van der Waals surface area contributed by atoms with Crippen molar-refractivity contribution in [3.8, 4) is 44.5 Å². The summed E-state index contributed by atoms with van der Waals surface area (Å²) in [5, 5.41) is -4.78. The molecule has 1 heterocycles. The molecule has 0 bridgehead atoms. The Morgan fingerprint density at radius 3 is 1.80 bits per heavy atom. The molecule has 0 saturated carbocycles. The lowest BCUT2D eigenvalue weighted by molar-refractivity contribution is 0.669. The van der Waals surface area contributed by atoms with Gasteiger partial charge in [0.15, 0.2) is 0 Å². The van der Waals surface area contributed by atoms with E-state index in [0.29, 0.717) is 0 Å². The van der Waals surface area contributed by atoms with E-state index in [9.17, 15) is 12.3 Å². The van der Waals surface area contributed by atoms with Gasteiger partial charge in [0.05, 0.1) is 39.8 Å². The minimum atomic E-state index is -1.05. The number of rotatable bonds is 4. The number of fused-ring (bicyclic) bond motifs is 6. The molecule has 0 spiro atoms. The molecule has 0 atom stereocenters. The highest BCUT2D eigenvalue weighted by molar-refractivity contribution is 6.25. The second-order valence-electron chi connectivity index (χ2n) is 10.6. The number of benzene rings is 9. The van der Waals surface area contributed by atoms with Gasteiger partial charge in [0.25, 0.3) is 0 Å². The van der Waals surface area contributed by atoms with Gasteiger partial charge in [-0.15, -0.1) is 0 Å². The van der Waals surface area contributed by atoms with Crippen LogP contribution in [0, 0.1) is 0 Å². The molecule has 0 amide bonds. The fraction of sp³-hybridized carbons (Fsp3) is 0. The molecule has 1 nitrogen and oxygen atoms in total. The minimum absolute atomic E-state index is 0.512. The largest absolute Gasteiger partial charge is 0.456 e. The predicted molar refractivity (Wildman–Crippen MR) is 208 cm³/mol. The van der Waals surface area contributed by atoms with Gasteiger partial charge >= 0.3 is 0 Å². The van der Waals surface area contributed by atoms with Gasteiger partial charge in [0.2, 0.25) is 0 Å². The van der Waals surface area contributed by atoms with Crippen molar-refractivity contribution in [2.45, 2.75) is 0 Å². The molecule has 0 unspecified atom stereocenters. The van der Waals surface area contributed by atoms with E-state index in [1.807, 2.05) is 0 Å². The van der Waals surface area contributed by atoms with Crippen LogP contribution in [-0.4, -0.2) is 0 Å². The molecular weight excluding hydrogens is 593 g/mol. The molecule has 9 aromatic carbocycles. The van der Waals surface area contributed by atoms with Gasteiger partial charge in [-0.3, -0.25) is 0 Å². The van der Waals surface area contributed by atoms with E-state index in [0.717, 1.165) is 6.07 Å². The van der Waals surface area contributed by atoms with Crippen LogP contribution in [0.1, 0.15) is 39.8 Å². The number of furan rings is 1. The van der Waals surface area contributed by atoms with Crippen molar-refractivity contribution in [2.75, 3.05) is 0 Å². The molecule has 228 valence electrons. The summed E-state index contributed by atoms with van der Waals surface area (Å²) in [5.74, 6) is 0. The van der Waals surface area contributed by atoms with Crippen molar-refractivity contribution in [2.24, 2.45) is 0 Å². The monoisotopic (exact) mass is 651 g/mol. The first-order chi connectivity index (χ1) is 36.4. The molecule has 49 heavy (non-hydrogen) atoms. The van der Waals surface area contributed by atoms with Crippen molar-refractivity contribution in [1.29, 1.82) is 0 Å². The summed E-state index contributed by atoms with van der Waals surface area (Å²) < 4.78 is 266. The van der Waals surface area contributed by atoms with E-state index in [2.05, 4.69) is 0 Å². The maximum absolute atomic E-state index is 9.63. The lowest BCUT2D eigenvalue weighted by atomic mass is 9.84. The number of hydrogen-bond donors (Lipinski definition) is 0. The summed E-state index contributed by atoms with van der Waals surface area (Å²) in [4.78, 5) is 0. The summed E-state index contributed by atoms with van der Waals surface area (Å²) in [5.41, 5.74) is -7.09. The third kappa shape index (κ3) is 4.47. The lowest BCUT2D eigenvalue weighted by Crippen LogP contribution is -1.91. The molecule has 0 N–H and O–H groups in total. The Kier molecular flexibility index (Phi) is 2.56. The van der Waals surface area contributed by atoms with Crippen LogP contribution in [0.3, 0.4) is 0 Å². The van der Waals surface area contributed by atoms with Gasteiger partial charge in [-0.05, 0) is 101 Å². The average molecular weight is 652 g/mol. The Labute approximate surface area is 325 Å². The smallest absolute Gasteiger partial charge is 0.136 e. The Morgan fingerprint density at radius 2 is 0.959 bits per heavy atom. The first-order valence-corrected chi connectivity index (χ1v) is 14.5. The van der Waals surface area contributed by atoms with Gasteiger partial charge in [0, 0.05) is 10.8 Å². The normalized spacial score (nSPS) is 20.0. The zero-order chi connectivity index (χ0) is 57.5. The quantitative estimate of drug-likeness (QED) is 0.173. The summed E-state index contributed by atoms with van der Waals surface area (Å²) in [6, 6.07) is -25.4. The Bertz CT molecular complexity index is 4480. The second kappa shape index (κ2) is 11.1. The van der Waals surface area contributed by atoms with E-state index in [1.54, 1.807) is 0 Å². The lowest BCUT2D eigenvalue weighted by Gasteiger charge is -2.18. The summed E-state index contributed by atoms with van der Waals surface area (Å²) >= 11 is 0. The van der Waals surface area contributed by atoms with E-state index < -0.39 is 274 Å². The fourth-order valence-corrected chi connectivity index (χ4v) is 5.81. The maximum atomic E-state index is 9.63. The van der Waals surface area contributed by atoms with Crippen molar-refractivity contribution >= 4 is 54.3 Å². The van der Waals surface area contributed by atoms with Crippen LogP contribution in [0.2, 0.25) is 0 Å². The first kappa shape index (κ1) is 11.3. The standard InChI is InChI=1S/C48H30O/c1-2-11-31(12-3-1)37-27-28-44-43(30-37)48-42(19-10-20-45(48)49-44)47-40-17-8-6-15-38(40)46(39-16-7-9-18-41(39)47)34-24-21-33(22-25-34)36-26-23-32-13-4-5-14-35(32)29-36/h1-30H/i1D,2D,3D,4D,5D,6D,7D,8D,9D,10D,11D,12D,13D,14D,15D,17D,18D,19D,20D,21D,22D,23D,24D,25D,26D,27D,28D,29D,30D. The zero-order valence-electron chi connectivity index (χ0n) is 53.5. The van der Waals surface area contributed by atoms with Crippen LogP contribution in [0.5, 0.6) is 0 Å². The van der Waals surface area contributed by atoms with Crippen LogP contribution in [0.15, 0.2) is 186 Å². The Hall–Kier alpha value is -6.44. The summed E-state index contributed by atoms with van der Waals surface area (Å²) in [6.45, 7) is 0. The molecule has 0 saturated heterocycles. The zero-order valence-corrected chi connectivity index (χ0v) is 24.5. The van der Waals surface area contributed by atoms with Gasteiger partial charge in [-0.2, -0.15) is 0 Å². The second-order valence-corrected chi connectivity index (χ2v) is 10.6. The summed E-state index contributed by atoms with van der Waals surface area (Å²) in [6.07, 6.45) is 0. The van der Waals surface area contributed by atoms with Crippen molar-refractivity contribution in [1.82, 2.24) is 0 Å². The highest BCUT2D eigenvalue weighted by Crippen LogP contribution is 2.47. The van der Waals surface area contributed by atoms with Crippen LogP contribution in [0.4, 0.5) is 0 Å². The Balaban J connectivity index is 1.45. The van der Waals surface area contributed by atoms with Crippen LogP contribution in [-0.2, 0) is 0 Å². The highest BCUT2D eigenvalue weighted by atomic mass is 16.3. The van der Waals surface area contributed by atoms with Crippen LogP contribution < -0.4 is 0 Å². The van der Waals surface area contributed by atoms with E-state index in [-0.39, 0.29) is 0 Å². The van der Waals surface area contributed by atoms with Gasteiger partial charge in [-0.25, -0.2) is 0 Å². The van der Waals surface area contributed by atoms with Gasteiger partial charge in [0.1, 0.15) is 11.2 Å². The fourth-order valence-electron chi connectivity index (χ4n) is 5.81. The molecular formula is C48H30O. The first-order valence-electron chi connectivity index (χ1n) is 29.0. The minimum Gasteiger partial charge on any atom is -0.456 e. The predicted octanol–water partition coefficient (Wildman–Crippen LogP) is 13.7. The molecule has 10 aromatic rings. The molecule has 0 aliphatic rings. The molecule has 0 fully saturated rings. The molecule has 1 aromatic heterocycles. The average Bonchev–Trinajstić information content (AvgIpc) is 3.94. The Morgan fingerprint density at radius 1 is 0.347 bits per heavy atom. The van der Waals surface area contributed by atoms with E-state index >= 15 is 0 Å². The highest BCUT2D eigenvalue weighted by Gasteiger charge is 2.20. The SMILES string of the molecule is [2H]c1cc2c(-c3c([2H])c([2H])c(-c4c([2H])c([2H])c5c([2H])c([2H])c([2H])c([2H])c5c4[2H])c([2H])c3[2H])c3c([2H])c([2H])c([2H])c([2H])c3c(-c3c([2H])c([2H])c([2H])c4oc5c([2H])c([2H])c(-c6c([2H])c([2H])c([2H])c([2H])c6[2H])c([2H])c5c34)c2c([2H])c1[2H]. The third-order valence-corrected chi connectivity index (χ3v) is 7.90. The van der Waals surface area contributed by atoms with Gasteiger partial charge in [-0.1, -0.05) is 157 Å².